The first-order valence-corrected chi connectivity index (χ1v) is 8.67. The van der Waals surface area contributed by atoms with Crippen molar-refractivity contribution < 1.29 is 4.79 Å². The number of amides is 1. The van der Waals surface area contributed by atoms with Gasteiger partial charge in [-0.2, -0.15) is 11.8 Å². The molecule has 2 aliphatic rings. The third kappa shape index (κ3) is 5.32. The summed E-state index contributed by atoms with van der Waals surface area (Å²) in [6.07, 6.45) is 4.72. The van der Waals surface area contributed by atoms with E-state index in [1.54, 1.807) is 0 Å². The fraction of sp³-hybridized carbons (Fsp3) is 0.929. The van der Waals surface area contributed by atoms with Gasteiger partial charge >= 0.3 is 0 Å². The number of carbonyl (C=O) groups is 1. The lowest BCUT2D eigenvalue weighted by atomic mass is 10.2. The number of nitrogens with zero attached hydrogens (tertiary/aromatic N) is 1. The quantitative estimate of drug-likeness (QED) is 0.793. The lowest BCUT2D eigenvalue weighted by Crippen LogP contribution is -2.42. The van der Waals surface area contributed by atoms with Crippen LogP contribution in [0.1, 0.15) is 32.6 Å². The van der Waals surface area contributed by atoms with Crippen molar-refractivity contribution in [2.24, 2.45) is 0 Å². The van der Waals surface area contributed by atoms with Gasteiger partial charge < -0.3 is 10.6 Å². The van der Waals surface area contributed by atoms with E-state index in [9.17, 15) is 4.79 Å². The second-order valence-electron chi connectivity index (χ2n) is 5.53. The van der Waals surface area contributed by atoms with E-state index in [4.69, 9.17) is 0 Å². The number of rotatable bonds is 5. The molecule has 2 fully saturated rings. The normalized spacial score (nSPS) is 29.1. The summed E-state index contributed by atoms with van der Waals surface area (Å²) >= 11 is 2.04. The predicted molar refractivity (Wildman–Crippen MR) is 81.6 cm³/mol. The number of hydrogen-bond donors (Lipinski definition) is 2. The van der Waals surface area contributed by atoms with Gasteiger partial charge in [-0.1, -0.05) is 6.92 Å². The molecule has 5 heteroatoms. The Bertz CT molecular complexity index is 280. The van der Waals surface area contributed by atoms with Crippen LogP contribution >= 0.6 is 11.8 Å². The van der Waals surface area contributed by atoms with Crippen molar-refractivity contribution in [3.8, 4) is 0 Å². The summed E-state index contributed by atoms with van der Waals surface area (Å²) in [6, 6.07) is 0.418. The molecule has 2 N–H and O–H groups in total. The minimum atomic E-state index is 0.217. The van der Waals surface area contributed by atoms with Gasteiger partial charge in [0.05, 0.1) is 6.54 Å². The Morgan fingerprint density at radius 1 is 1.37 bits per heavy atom. The molecule has 1 saturated carbocycles. The van der Waals surface area contributed by atoms with Gasteiger partial charge in [-0.05, 0) is 44.5 Å². The van der Waals surface area contributed by atoms with Crippen molar-refractivity contribution in [3.63, 3.8) is 0 Å². The summed E-state index contributed by atoms with van der Waals surface area (Å²) in [6.45, 7) is 6.90. The molecule has 19 heavy (non-hydrogen) atoms. The molecule has 4 nitrogen and oxygen atoms in total. The van der Waals surface area contributed by atoms with E-state index in [-0.39, 0.29) is 5.91 Å². The minimum absolute atomic E-state index is 0.217. The lowest BCUT2D eigenvalue weighted by Gasteiger charge is -2.20. The number of nitrogens with one attached hydrogen (secondary N) is 2. The van der Waals surface area contributed by atoms with Crippen LogP contribution in [0, 0.1) is 0 Å². The van der Waals surface area contributed by atoms with Gasteiger partial charge in [0.25, 0.3) is 0 Å². The standard InChI is InChI=1S/C14H27N3OS/c1-2-19-13-5-4-12(10-13)16-14(18)11-17-8-3-6-15-7-9-17/h12-13,15H,2-11H2,1H3,(H,16,18). The Morgan fingerprint density at radius 2 is 2.26 bits per heavy atom. The minimum Gasteiger partial charge on any atom is -0.352 e. The average molecular weight is 285 g/mol. The van der Waals surface area contributed by atoms with Crippen LogP contribution in [0.2, 0.25) is 0 Å². The van der Waals surface area contributed by atoms with Crippen LogP contribution in [-0.2, 0) is 4.79 Å². The zero-order chi connectivity index (χ0) is 13.5. The van der Waals surface area contributed by atoms with Crippen molar-refractivity contribution in [3.05, 3.63) is 0 Å². The fourth-order valence-electron chi connectivity index (χ4n) is 2.99. The third-order valence-electron chi connectivity index (χ3n) is 3.95. The number of hydrogen-bond acceptors (Lipinski definition) is 4. The highest BCUT2D eigenvalue weighted by atomic mass is 32.2. The van der Waals surface area contributed by atoms with E-state index in [1.807, 2.05) is 11.8 Å². The van der Waals surface area contributed by atoms with Crippen LogP contribution in [0.15, 0.2) is 0 Å². The molecule has 2 atom stereocenters. The fourth-order valence-corrected chi connectivity index (χ4v) is 4.14. The van der Waals surface area contributed by atoms with Crippen molar-refractivity contribution in [1.29, 1.82) is 0 Å². The molecule has 0 radical (unpaired) electrons. The molecular formula is C14H27N3OS. The third-order valence-corrected chi connectivity index (χ3v) is 5.18. The molecule has 0 spiro atoms. The van der Waals surface area contributed by atoms with Gasteiger partial charge in [0.15, 0.2) is 0 Å². The first kappa shape index (κ1) is 15.1. The Hall–Kier alpha value is -0.260. The highest BCUT2D eigenvalue weighted by Crippen LogP contribution is 2.29. The molecule has 1 heterocycles. The van der Waals surface area contributed by atoms with E-state index in [0.717, 1.165) is 50.7 Å². The average Bonchev–Trinajstić information content (AvgIpc) is 2.65. The van der Waals surface area contributed by atoms with E-state index >= 15 is 0 Å². The molecule has 110 valence electrons. The van der Waals surface area contributed by atoms with Crippen LogP contribution in [0.4, 0.5) is 0 Å². The highest BCUT2D eigenvalue weighted by molar-refractivity contribution is 7.99. The van der Waals surface area contributed by atoms with E-state index in [1.165, 1.54) is 12.2 Å². The zero-order valence-corrected chi connectivity index (χ0v) is 12.8. The SMILES string of the molecule is CCSC1CCC(NC(=O)CN2CCCNCC2)C1. The van der Waals surface area contributed by atoms with Gasteiger partial charge in [0.2, 0.25) is 5.91 Å². The van der Waals surface area contributed by atoms with Crippen LogP contribution in [0.25, 0.3) is 0 Å². The first-order valence-electron chi connectivity index (χ1n) is 7.62. The predicted octanol–water partition coefficient (Wildman–Crippen LogP) is 1.07. The topological polar surface area (TPSA) is 44.4 Å². The molecule has 1 aliphatic carbocycles. The van der Waals surface area contributed by atoms with Gasteiger partial charge in [0, 0.05) is 24.4 Å². The van der Waals surface area contributed by atoms with Crippen LogP contribution < -0.4 is 10.6 Å². The van der Waals surface area contributed by atoms with E-state index in [0.29, 0.717) is 12.6 Å². The summed E-state index contributed by atoms with van der Waals surface area (Å²) in [5, 5.41) is 7.35. The smallest absolute Gasteiger partial charge is 0.234 e. The van der Waals surface area contributed by atoms with Crippen molar-refractivity contribution >= 4 is 17.7 Å². The molecule has 2 rings (SSSR count). The Morgan fingerprint density at radius 3 is 3.11 bits per heavy atom. The van der Waals surface area contributed by atoms with Crippen molar-refractivity contribution in [2.75, 3.05) is 38.5 Å². The van der Waals surface area contributed by atoms with Crippen LogP contribution in [0.3, 0.4) is 0 Å². The molecule has 0 aromatic rings. The number of thioether (sulfide) groups is 1. The maximum atomic E-state index is 12.1. The molecular weight excluding hydrogens is 258 g/mol. The van der Waals surface area contributed by atoms with E-state index < -0.39 is 0 Å². The maximum absolute atomic E-state index is 12.1. The molecule has 0 bridgehead atoms. The Balaban J connectivity index is 1.66. The van der Waals surface area contributed by atoms with Gasteiger partial charge in [-0.25, -0.2) is 0 Å². The van der Waals surface area contributed by atoms with E-state index in [2.05, 4.69) is 22.5 Å². The first-order chi connectivity index (χ1) is 9.28. The largest absolute Gasteiger partial charge is 0.352 e. The maximum Gasteiger partial charge on any atom is 0.234 e. The van der Waals surface area contributed by atoms with Gasteiger partial charge in [-0.3, -0.25) is 9.69 Å². The summed E-state index contributed by atoms with van der Waals surface area (Å²) in [5.41, 5.74) is 0. The Kier molecular flexibility index (Phi) is 6.47. The number of carbonyl (C=O) groups excluding carboxylic acids is 1. The summed E-state index contributed by atoms with van der Waals surface area (Å²) < 4.78 is 0. The van der Waals surface area contributed by atoms with Crippen molar-refractivity contribution in [2.45, 2.75) is 43.9 Å². The zero-order valence-electron chi connectivity index (χ0n) is 12.0. The molecule has 2 unspecified atom stereocenters. The molecule has 0 aromatic carbocycles. The lowest BCUT2D eigenvalue weighted by molar-refractivity contribution is -0.122. The monoisotopic (exact) mass is 285 g/mol. The highest BCUT2D eigenvalue weighted by Gasteiger charge is 2.26. The molecule has 1 amide bonds. The van der Waals surface area contributed by atoms with Gasteiger partial charge in [-0.15, -0.1) is 0 Å². The van der Waals surface area contributed by atoms with Gasteiger partial charge in [0.1, 0.15) is 0 Å². The summed E-state index contributed by atoms with van der Waals surface area (Å²) in [7, 11) is 0. The molecule has 0 aromatic heterocycles. The summed E-state index contributed by atoms with van der Waals surface area (Å²) in [4.78, 5) is 14.3. The second-order valence-corrected chi connectivity index (χ2v) is 7.11. The molecule has 1 saturated heterocycles. The van der Waals surface area contributed by atoms with Crippen molar-refractivity contribution in [1.82, 2.24) is 15.5 Å². The van der Waals surface area contributed by atoms with Crippen LogP contribution in [-0.4, -0.2) is 60.6 Å². The Labute approximate surface area is 121 Å². The summed E-state index contributed by atoms with van der Waals surface area (Å²) in [5.74, 6) is 1.40. The molecule has 1 aliphatic heterocycles. The second kappa shape index (κ2) is 8.12. The van der Waals surface area contributed by atoms with Crippen LogP contribution in [0.5, 0.6) is 0 Å².